The number of amides is 1. The lowest BCUT2D eigenvalue weighted by molar-refractivity contribution is -0.118. The molecular weight excluding hydrogens is 314 g/mol. The van der Waals surface area contributed by atoms with E-state index in [1.165, 1.54) is 0 Å². The molecule has 4 nitrogen and oxygen atoms in total. The molecule has 5 heteroatoms. The predicted molar refractivity (Wildman–Crippen MR) is 90.4 cm³/mol. The third kappa shape index (κ3) is 3.77. The largest absolute Gasteiger partial charge is 0.483 e. The quantitative estimate of drug-likeness (QED) is 0.918. The van der Waals surface area contributed by atoms with Gasteiger partial charge in [-0.1, -0.05) is 23.7 Å². The Morgan fingerprint density at radius 2 is 2.00 bits per heavy atom. The van der Waals surface area contributed by atoms with E-state index >= 15 is 0 Å². The third-order valence-corrected chi connectivity index (χ3v) is 3.79. The summed E-state index contributed by atoms with van der Waals surface area (Å²) in [5.74, 6) is 1.10. The Bertz CT molecular complexity index is 726. The molecule has 23 heavy (non-hydrogen) atoms. The molecule has 1 N–H and O–H groups in total. The van der Waals surface area contributed by atoms with Crippen LogP contribution in [0.4, 0.5) is 5.69 Å². The zero-order chi connectivity index (χ0) is 16.4. The number of carbonyl (C=O) groups is 1. The number of anilines is 1. The van der Waals surface area contributed by atoms with Gasteiger partial charge in [-0.3, -0.25) is 4.79 Å². The fraction of sp³-hybridized carbons (Fsp3) is 0.278. The molecule has 0 fully saturated rings. The maximum Gasteiger partial charge on any atom is 0.262 e. The SMILES string of the molecule is CC1(C)Cc2cccc(OCC(=O)Nc3ccc(Cl)cc3)c2O1. The summed E-state index contributed by atoms with van der Waals surface area (Å²) in [6.45, 7) is 3.98. The summed E-state index contributed by atoms with van der Waals surface area (Å²) >= 11 is 5.82. The molecule has 1 heterocycles. The van der Waals surface area contributed by atoms with Crippen LogP contribution in [0, 0.1) is 0 Å². The molecule has 1 amide bonds. The molecule has 0 saturated heterocycles. The molecule has 3 rings (SSSR count). The van der Waals surface area contributed by atoms with E-state index in [0.29, 0.717) is 16.5 Å². The monoisotopic (exact) mass is 331 g/mol. The van der Waals surface area contributed by atoms with Gasteiger partial charge in [-0.05, 0) is 44.2 Å². The average Bonchev–Trinajstić information content (AvgIpc) is 2.82. The zero-order valence-electron chi connectivity index (χ0n) is 13.1. The number of fused-ring (bicyclic) bond motifs is 1. The first kappa shape index (κ1) is 15.7. The van der Waals surface area contributed by atoms with Gasteiger partial charge >= 0.3 is 0 Å². The van der Waals surface area contributed by atoms with Crippen molar-refractivity contribution >= 4 is 23.2 Å². The zero-order valence-corrected chi connectivity index (χ0v) is 13.8. The second-order valence-electron chi connectivity index (χ2n) is 6.13. The van der Waals surface area contributed by atoms with Crippen molar-refractivity contribution in [2.24, 2.45) is 0 Å². The smallest absolute Gasteiger partial charge is 0.262 e. The number of carbonyl (C=O) groups excluding carboxylic acids is 1. The number of para-hydroxylation sites is 1. The van der Waals surface area contributed by atoms with Crippen LogP contribution in [0.2, 0.25) is 5.02 Å². The average molecular weight is 332 g/mol. The van der Waals surface area contributed by atoms with Gasteiger partial charge in [0.15, 0.2) is 18.1 Å². The van der Waals surface area contributed by atoms with Gasteiger partial charge in [0.1, 0.15) is 5.60 Å². The summed E-state index contributed by atoms with van der Waals surface area (Å²) in [4.78, 5) is 12.0. The molecule has 0 aliphatic carbocycles. The fourth-order valence-corrected chi connectivity index (χ4v) is 2.70. The van der Waals surface area contributed by atoms with Gasteiger partial charge in [0.05, 0.1) is 0 Å². The van der Waals surface area contributed by atoms with Crippen LogP contribution in [-0.4, -0.2) is 18.1 Å². The van der Waals surface area contributed by atoms with Gasteiger partial charge in [-0.25, -0.2) is 0 Å². The minimum atomic E-state index is -0.243. The molecule has 0 radical (unpaired) electrons. The first-order valence-electron chi connectivity index (χ1n) is 7.42. The highest BCUT2D eigenvalue weighted by atomic mass is 35.5. The van der Waals surface area contributed by atoms with Gasteiger partial charge in [0, 0.05) is 22.7 Å². The van der Waals surface area contributed by atoms with Crippen LogP contribution in [0.5, 0.6) is 11.5 Å². The van der Waals surface area contributed by atoms with E-state index in [0.717, 1.165) is 17.7 Å². The molecule has 1 aliphatic rings. The molecule has 0 aromatic heterocycles. The van der Waals surface area contributed by atoms with Crippen LogP contribution in [0.1, 0.15) is 19.4 Å². The van der Waals surface area contributed by atoms with Crippen molar-refractivity contribution in [2.75, 3.05) is 11.9 Å². The van der Waals surface area contributed by atoms with Crippen molar-refractivity contribution in [1.82, 2.24) is 0 Å². The van der Waals surface area contributed by atoms with Gasteiger partial charge in [-0.2, -0.15) is 0 Å². The van der Waals surface area contributed by atoms with Gasteiger partial charge in [-0.15, -0.1) is 0 Å². The van der Waals surface area contributed by atoms with Crippen molar-refractivity contribution in [3.63, 3.8) is 0 Å². The Balaban J connectivity index is 1.62. The number of hydrogen-bond donors (Lipinski definition) is 1. The highest BCUT2D eigenvalue weighted by Gasteiger charge is 2.32. The molecule has 0 atom stereocenters. The molecule has 0 bridgehead atoms. The number of rotatable bonds is 4. The minimum absolute atomic E-state index is 0.0805. The molecule has 2 aromatic rings. The van der Waals surface area contributed by atoms with Gasteiger partial charge in [0.2, 0.25) is 0 Å². The first-order valence-corrected chi connectivity index (χ1v) is 7.80. The van der Waals surface area contributed by atoms with E-state index in [4.69, 9.17) is 21.1 Å². The third-order valence-electron chi connectivity index (χ3n) is 3.54. The normalized spacial score (nSPS) is 14.7. The van der Waals surface area contributed by atoms with Crippen molar-refractivity contribution in [1.29, 1.82) is 0 Å². The Morgan fingerprint density at radius 3 is 2.74 bits per heavy atom. The Kier molecular flexibility index (Phi) is 4.18. The molecule has 2 aromatic carbocycles. The summed E-state index contributed by atoms with van der Waals surface area (Å²) in [5, 5.41) is 3.38. The summed E-state index contributed by atoms with van der Waals surface area (Å²) < 4.78 is 11.6. The van der Waals surface area contributed by atoms with Crippen LogP contribution in [-0.2, 0) is 11.2 Å². The van der Waals surface area contributed by atoms with Crippen LogP contribution in [0.3, 0.4) is 0 Å². The van der Waals surface area contributed by atoms with E-state index in [9.17, 15) is 4.79 Å². The molecule has 0 spiro atoms. The van der Waals surface area contributed by atoms with E-state index < -0.39 is 0 Å². The minimum Gasteiger partial charge on any atom is -0.483 e. The topological polar surface area (TPSA) is 47.6 Å². The molecule has 1 aliphatic heterocycles. The number of benzene rings is 2. The Hall–Kier alpha value is -2.20. The van der Waals surface area contributed by atoms with E-state index in [1.54, 1.807) is 24.3 Å². The Morgan fingerprint density at radius 1 is 1.26 bits per heavy atom. The van der Waals surface area contributed by atoms with Crippen LogP contribution >= 0.6 is 11.6 Å². The number of nitrogens with one attached hydrogen (secondary N) is 1. The summed E-state index contributed by atoms with van der Waals surface area (Å²) in [6.07, 6.45) is 0.830. The summed E-state index contributed by atoms with van der Waals surface area (Å²) in [7, 11) is 0. The van der Waals surface area contributed by atoms with E-state index in [-0.39, 0.29) is 18.1 Å². The fourth-order valence-electron chi connectivity index (χ4n) is 2.57. The Labute approximate surface area is 140 Å². The van der Waals surface area contributed by atoms with Crippen LogP contribution < -0.4 is 14.8 Å². The van der Waals surface area contributed by atoms with Crippen LogP contribution in [0.15, 0.2) is 42.5 Å². The maximum atomic E-state index is 12.0. The highest BCUT2D eigenvalue weighted by molar-refractivity contribution is 6.30. The second-order valence-corrected chi connectivity index (χ2v) is 6.56. The molecular formula is C18H18ClNO3. The van der Waals surface area contributed by atoms with Crippen LogP contribution in [0.25, 0.3) is 0 Å². The van der Waals surface area contributed by atoms with Crippen molar-refractivity contribution in [3.8, 4) is 11.5 Å². The first-order chi connectivity index (χ1) is 10.9. The van der Waals surface area contributed by atoms with Crippen molar-refractivity contribution < 1.29 is 14.3 Å². The van der Waals surface area contributed by atoms with Crippen molar-refractivity contribution in [2.45, 2.75) is 25.9 Å². The van der Waals surface area contributed by atoms with Gasteiger partial charge in [0.25, 0.3) is 5.91 Å². The summed E-state index contributed by atoms with van der Waals surface area (Å²) in [6, 6.07) is 12.7. The van der Waals surface area contributed by atoms with Crippen molar-refractivity contribution in [3.05, 3.63) is 53.1 Å². The van der Waals surface area contributed by atoms with E-state index in [2.05, 4.69) is 5.32 Å². The molecule has 120 valence electrons. The standard InChI is InChI=1S/C18H18ClNO3/c1-18(2)10-12-4-3-5-15(17(12)23-18)22-11-16(21)20-14-8-6-13(19)7-9-14/h3-9H,10-11H2,1-2H3,(H,20,21). The number of hydrogen-bond acceptors (Lipinski definition) is 3. The molecule has 0 unspecified atom stereocenters. The predicted octanol–water partition coefficient (Wildman–Crippen LogP) is 4.07. The molecule has 0 saturated carbocycles. The summed E-state index contributed by atoms with van der Waals surface area (Å²) in [5.41, 5.74) is 1.54. The number of ether oxygens (including phenoxy) is 2. The second kappa shape index (κ2) is 6.13. The highest BCUT2D eigenvalue weighted by Crippen LogP contribution is 2.41. The van der Waals surface area contributed by atoms with E-state index in [1.807, 2.05) is 32.0 Å². The lowest BCUT2D eigenvalue weighted by Gasteiger charge is -2.18. The van der Waals surface area contributed by atoms with Gasteiger partial charge < -0.3 is 14.8 Å². The lowest BCUT2D eigenvalue weighted by atomic mass is 10.0. The number of halogens is 1. The maximum absolute atomic E-state index is 12.0. The lowest BCUT2D eigenvalue weighted by Crippen LogP contribution is -2.25.